The zero-order valence-corrected chi connectivity index (χ0v) is 15.7. The van der Waals surface area contributed by atoms with E-state index in [-0.39, 0.29) is 34.1 Å². The van der Waals surface area contributed by atoms with Crippen LogP contribution in [0.15, 0.2) is 48.5 Å². The second kappa shape index (κ2) is 7.61. The van der Waals surface area contributed by atoms with Gasteiger partial charge in [0, 0.05) is 23.2 Å². The summed E-state index contributed by atoms with van der Waals surface area (Å²) in [5, 5.41) is 18.1. The van der Waals surface area contributed by atoms with Gasteiger partial charge in [0.05, 0.1) is 10.6 Å². The summed E-state index contributed by atoms with van der Waals surface area (Å²) < 4.78 is 1.14. The van der Waals surface area contributed by atoms with Crippen molar-refractivity contribution in [2.45, 2.75) is 6.92 Å². The molecule has 1 aromatic heterocycles. The predicted octanol–water partition coefficient (Wildman–Crippen LogP) is 3.77. The molecule has 0 spiro atoms. The molecule has 0 bridgehead atoms. The average Bonchev–Trinajstić information content (AvgIpc) is 2.97. The number of nitrogens with one attached hydrogen (secondary N) is 1. The summed E-state index contributed by atoms with van der Waals surface area (Å²) in [6.45, 7) is 1.45. The maximum Gasteiger partial charge on any atom is 0.322 e. The third kappa shape index (κ3) is 3.63. The van der Waals surface area contributed by atoms with E-state index in [1.807, 2.05) is 0 Å². The van der Waals surface area contributed by atoms with Crippen molar-refractivity contribution in [2.24, 2.45) is 7.05 Å². The van der Waals surface area contributed by atoms with Crippen LogP contribution in [0.3, 0.4) is 0 Å². The minimum Gasteiger partial charge on any atom is -0.320 e. The monoisotopic (exact) mass is 398 g/mol. The number of aromatic nitrogens is 2. The van der Waals surface area contributed by atoms with Gasteiger partial charge in [0.15, 0.2) is 5.78 Å². The summed E-state index contributed by atoms with van der Waals surface area (Å²) in [4.78, 5) is 36.3. The second-order valence-corrected chi connectivity index (χ2v) is 6.44. The quantitative estimate of drug-likeness (QED) is 0.400. The molecule has 28 heavy (non-hydrogen) atoms. The summed E-state index contributed by atoms with van der Waals surface area (Å²) in [7, 11) is 1.44. The summed E-state index contributed by atoms with van der Waals surface area (Å²) in [5.74, 6) is -1.09. The Morgan fingerprint density at radius 3 is 2.50 bits per heavy atom. The fourth-order valence-electron chi connectivity index (χ4n) is 2.86. The van der Waals surface area contributed by atoms with Crippen LogP contribution in [-0.2, 0) is 7.05 Å². The molecule has 1 N–H and O–H groups in total. The maximum absolute atomic E-state index is 12.8. The van der Waals surface area contributed by atoms with Gasteiger partial charge in [-0.05, 0) is 25.1 Å². The van der Waals surface area contributed by atoms with Crippen molar-refractivity contribution in [3.63, 3.8) is 0 Å². The number of nitrogens with zero attached hydrogens (tertiary/aromatic N) is 3. The molecule has 0 saturated carbocycles. The molecular formula is C19H15ClN4O4. The van der Waals surface area contributed by atoms with Crippen molar-refractivity contribution in [3.05, 3.63) is 86.2 Å². The number of rotatable bonds is 5. The summed E-state index contributed by atoms with van der Waals surface area (Å²) in [6, 6.07) is 12.9. The van der Waals surface area contributed by atoms with E-state index >= 15 is 0 Å². The number of halogens is 1. The third-order valence-corrected chi connectivity index (χ3v) is 4.33. The molecule has 8 nitrogen and oxygen atoms in total. The SMILES string of the molecule is Cc1nn(C)c(C(=O)Nc2ccc(Cl)cc2C(=O)c2ccccc2)c1[N+](=O)[O-]. The van der Waals surface area contributed by atoms with E-state index in [4.69, 9.17) is 11.6 Å². The van der Waals surface area contributed by atoms with Gasteiger partial charge in [0.2, 0.25) is 5.69 Å². The number of anilines is 1. The largest absolute Gasteiger partial charge is 0.322 e. The molecular weight excluding hydrogens is 384 g/mol. The van der Waals surface area contributed by atoms with Gasteiger partial charge in [-0.3, -0.25) is 24.4 Å². The van der Waals surface area contributed by atoms with Gasteiger partial charge in [-0.2, -0.15) is 5.10 Å². The highest BCUT2D eigenvalue weighted by Crippen LogP contribution is 2.27. The highest BCUT2D eigenvalue weighted by molar-refractivity contribution is 6.31. The van der Waals surface area contributed by atoms with Crippen LogP contribution in [0.2, 0.25) is 5.02 Å². The Balaban J connectivity index is 2.02. The summed E-state index contributed by atoms with van der Waals surface area (Å²) in [6.07, 6.45) is 0. The average molecular weight is 399 g/mol. The molecule has 0 radical (unpaired) electrons. The minimum atomic E-state index is -0.751. The molecule has 9 heteroatoms. The Labute approximate surface area is 164 Å². The molecule has 1 amide bonds. The normalized spacial score (nSPS) is 10.5. The first-order chi connectivity index (χ1) is 13.3. The standard InChI is InChI=1S/C19H15ClN4O4/c1-11-16(24(27)28)17(23(2)22-11)19(26)21-15-9-8-13(20)10-14(15)18(25)12-6-4-3-5-7-12/h3-10H,1-2H3,(H,21,26). The molecule has 3 rings (SSSR count). The van der Waals surface area contributed by atoms with Crippen LogP contribution in [0.25, 0.3) is 0 Å². The highest BCUT2D eigenvalue weighted by atomic mass is 35.5. The fraction of sp³-hybridized carbons (Fsp3) is 0.105. The molecule has 0 atom stereocenters. The molecule has 0 aliphatic rings. The lowest BCUT2D eigenvalue weighted by atomic mass is 10.0. The maximum atomic E-state index is 12.8. The van der Waals surface area contributed by atoms with Crippen LogP contribution < -0.4 is 5.32 Å². The molecule has 1 heterocycles. The second-order valence-electron chi connectivity index (χ2n) is 6.00. The van der Waals surface area contributed by atoms with E-state index in [9.17, 15) is 19.7 Å². The van der Waals surface area contributed by atoms with Gasteiger partial charge < -0.3 is 5.32 Å². The van der Waals surface area contributed by atoms with Crippen LogP contribution in [0.5, 0.6) is 0 Å². The molecule has 142 valence electrons. The number of carbonyl (C=O) groups is 2. The molecule has 0 saturated heterocycles. The number of carbonyl (C=O) groups excluding carboxylic acids is 2. The topological polar surface area (TPSA) is 107 Å². The third-order valence-electron chi connectivity index (χ3n) is 4.10. The van der Waals surface area contributed by atoms with Gasteiger partial charge in [0.1, 0.15) is 5.69 Å². The first kappa shape index (κ1) is 19.2. The van der Waals surface area contributed by atoms with Gasteiger partial charge in [-0.25, -0.2) is 0 Å². The molecule has 2 aromatic carbocycles. The zero-order valence-electron chi connectivity index (χ0n) is 15.0. The molecule has 0 aliphatic carbocycles. The smallest absolute Gasteiger partial charge is 0.320 e. The van der Waals surface area contributed by atoms with Gasteiger partial charge in [-0.15, -0.1) is 0 Å². The zero-order chi connectivity index (χ0) is 20.4. The Morgan fingerprint density at radius 2 is 1.86 bits per heavy atom. The number of aryl methyl sites for hydroxylation is 2. The number of benzene rings is 2. The lowest BCUT2D eigenvalue weighted by molar-refractivity contribution is -0.385. The Bertz CT molecular complexity index is 1090. The van der Waals surface area contributed by atoms with E-state index in [0.717, 1.165) is 4.68 Å². The van der Waals surface area contributed by atoms with E-state index in [1.54, 1.807) is 30.3 Å². The number of nitro groups is 1. The van der Waals surface area contributed by atoms with Crippen LogP contribution in [0.1, 0.15) is 32.1 Å². The minimum absolute atomic E-state index is 0.120. The summed E-state index contributed by atoms with van der Waals surface area (Å²) >= 11 is 6.03. The molecule has 0 fully saturated rings. The highest BCUT2D eigenvalue weighted by Gasteiger charge is 2.30. The Morgan fingerprint density at radius 1 is 1.18 bits per heavy atom. The van der Waals surface area contributed by atoms with Crippen molar-refractivity contribution in [2.75, 3.05) is 5.32 Å². The molecule has 0 unspecified atom stereocenters. The number of hydrogen-bond donors (Lipinski definition) is 1. The van der Waals surface area contributed by atoms with Crippen LogP contribution in [0.4, 0.5) is 11.4 Å². The van der Waals surface area contributed by atoms with Crippen molar-refractivity contribution in [3.8, 4) is 0 Å². The van der Waals surface area contributed by atoms with Crippen molar-refractivity contribution in [1.29, 1.82) is 0 Å². The predicted molar refractivity (Wildman–Crippen MR) is 104 cm³/mol. The number of ketones is 1. The van der Waals surface area contributed by atoms with Gasteiger partial charge in [0.25, 0.3) is 5.91 Å². The fourth-order valence-corrected chi connectivity index (χ4v) is 3.03. The first-order valence-corrected chi connectivity index (χ1v) is 8.56. The van der Waals surface area contributed by atoms with E-state index in [0.29, 0.717) is 10.6 Å². The summed E-state index contributed by atoms with van der Waals surface area (Å²) in [5.41, 5.74) is 0.308. The van der Waals surface area contributed by atoms with Crippen LogP contribution in [-0.4, -0.2) is 26.4 Å². The Hall–Kier alpha value is -3.52. The number of amides is 1. The Kier molecular flexibility index (Phi) is 5.23. The van der Waals surface area contributed by atoms with Crippen LogP contribution in [0, 0.1) is 17.0 Å². The van der Waals surface area contributed by atoms with Crippen LogP contribution >= 0.6 is 11.6 Å². The van der Waals surface area contributed by atoms with Crippen molar-refractivity contribution >= 4 is 34.7 Å². The van der Waals surface area contributed by atoms with Crippen molar-refractivity contribution < 1.29 is 14.5 Å². The molecule has 3 aromatic rings. The van der Waals surface area contributed by atoms with Gasteiger partial charge >= 0.3 is 5.69 Å². The van der Waals surface area contributed by atoms with E-state index in [1.165, 1.54) is 32.2 Å². The van der Waals surface area contributed by atoms with E-state index in [2.05, 4.69) is 10.4 Å². The van der Waals surface area contributed by atoms with E-state index < -0.39 is 10.8 Å². The lowest BCUT2D eigenvalue weighted by Gasteiger charge is -2.11. The van der Waals surface area contributed by atoms with Gasteiger partial charge in [-0.1, -0.05) is 41.9 Å². The van der Waals surface area contributed by atoms with Crippen molar-refractivity contribution in [1.82, 2.24) is 9.78 Å². The number of hydrogen-bond acceptors (Lipinski definition) is 5. The molecule has 0 aliphatic heterocycles. The first-order valence-electron chi connectivity index (χ1n) is 8.18. The lowest BCUT2D eigenvalue weighted by Crippen LogP contribution is -2.19.